The maximum Gasteiger partial charge on any atom is 0.298 e. The van der Waals surface area contributed by atoms with E-state index in [9.17, 15) is 5.11 Å². The van der Waals surface area contributed by atoms with E-state index in [1.165, 1.54) is 12.8 Å². The fourth-order valence-corrected chi connectivity index (χ4v) is 2.56. The first-order valence-electron chi connectivity index (χ1n) is 6.81. The summed E-state index contributed by atoms with van der Waals surface area (Å²) in [6.07, 6.45) is 2.38. The average Bonchev–Trinajstić information content (AvgIpc) is 3.06. The van der Waals surface area contributed by atoms with Crippen LogP contribution in [0.3, 0.4) is 0 Å². The van der Waals surface area contributed by atoms with Crippen LogP contribution in [0.15, 0.2) is 28.7 Å². The van der Waals surface area contributed by atoms with Crippen molar-refractivity contribution >= 4 is 17.1 Å². The number of rotatable bonds is 5. The van der Waals surface area contributed by atoms with Gasteiger partial charge in [0.15, 0.2) is 5.58 Å². The van der Waals surface area contributed by atoms with Crippen LogP contribution < -0.4 is 10.2 Å². The molecule has 2 N–H and O–H groups in total. The fraction of sp³-hybridized carbons (Fsp3) is 0.500. The number of benzene rings is 1. The molecule has 5 heteroatoms. The van der Waals surface area contributed by atoms with Gasteiger partial charge in [-0.15, -0.1) is 0 Å². The standard InChI is InChI=1S/C14H19N3O2/c18-9-8-17(10-11-4-3-7-15-11)14-16-12-5-1-2-6-13(12)19-14/h1-2,5-6,11,15,18H,3-4,7-10H2. The van der Waals surface area contributed by atoms with Gasteiger partial charge in [0.25, 0.3) is 6.01 Å². The maximum absolute atomic E-state index is 9.22. The first kappa shape index (κ1) is 12.4. The van der Waals surface area contributed by atoms with Crippen molar-refractivity contribution in [3.8, 4) is 0 Å². The molecule has 3 rings (SSSR count). The van der Waals surface area contributed by atoms with Crippen molar-refractivity contribution in [1.29, 1.82) is 0 Å². The molecule has 1 aliphatic rings. The van der Waals surface area contributed by atoms with Gasteiger partial charge in [0.1, 0.15) is 5.52 Å². The zero-order valence-corrected chi connectivity index (χ0v) is 10.9. The number of anilines is 1. The summed E-state index contributed by atoms with van der Waals surface area (Å²) in [7, 11) is 0. The number of aliphatic hydroxyl groups is 1. The second kappa shape index (κ2) is 5.59. The van der Waals surface area contributed by atoms with E-state index < -0.39 is 0 Å². The summed E-state index contributed by atoms with van der Waals surface area (Å²) in [5.74, 6) is 0. The van der Waals surface area contributed by atoms with Gasteiger partial charge in [-0.1, -0.05) is 12.1 Å². The summed E-state index contributed by atoms with van der Waals surface area (Å²) in [5, 5.41) is 12.7. The van der Waals surface area contributed by atoms with Gasteiger partial charge in [0.2, 0.25) is 0 Å². The minimum Gasteiger partial charge on any atom is -0.423 e. The predicted molar refractivity (Wildman–Crippen MR) is 74.3 cm³/mol. The Hall–Kier alpha value is -1.59. The molecule has 2 heterocycles. The Labute approximate surface area is 112 Å². The molecule has 0 spiro atoms. The Morgan fingerprint density at radius 1 is 1.42 bits per heavy atom. The van der Waals surface area contributed by atoms with E-state index in [-0.39, 0.29) is 6.61 Å². The second-order valence-electron chi connectivity index (χ2n) is 4.93. The highest BCUT2D eigenvalue weighted by atomic mass is 16.4. The lowest BCUT2D eigenvalue weighted by Crippen LogP contribution is -2.39. The van der Waals surface area contributed by atoms with E-state index in [1.54, 1.807) is 0 Å². The van der Waals surface area contributed by atoms with Crippen molar-refractivity contribution in [3.05, 3.63) is 24.3 Å². The molecule has 0 aliphatic carbocycles. The Bertz CT molecular complexity index is 501. The largest absolute Gasteiger partial charge is 0.423 e. The highest BCUT2D eigenvalue weighted by molar-refractivity contribution is 5.74. The van der Waals surface area contributed by atoms with Crippen LogP contribution in [0.1, 0.15) is 12.8 Å². The second-order valence-corrected chi connectivity index (χ2v) is 4.93. The van der Waals surface area contributed by atoms with Crippen LogP contribution >= 0.6 is 0 Å². The van der Waals surface area contributed by atoms with Crippen molar-refractivity contribution < 1.29 is 9.52 Å². The quantitative estimate of drug-likeness (QED) is 0.851. The molecule has 1 atom stereocenters. The summed E-state index contributed by atoms with van der Waals surface area (Å²) >= 11 is 0. The molecule has 1 unspecified atom stereocenters. The van der Waals surface area contributed by atoms with Crippen LogP contribution in [-0.2, 0) is 0 Å². The van der Waals surface area contributed by atoms with Crippen LogP contribution in [0, 0.1) is 0 Å². The number of fused-ring (bicyclic) bond motifs is 1. The number of hydrogen-bond donors (Lipinski definition) is 2. The van der Waals surface area contributed by atoms with Gasteiger partial charge in [0.05, 0.1) is 6.61 Å². The minimum atomic E-state index is 0.103. The van der Waals surface area contributed by atoms with Gasteiger partial charge in [0, 0.05) is 19.1 Å². The molecule has 0 radical (unpaired) electrons. The van der Waals surface area contributed by atoms with Crippen LogP contribution in [0.5, 0.6) is 0 Å². The third kappa shape index (κ3) is 2.72. The van der Waals surface area contributed by atoms with Gasteiger partial charge in [-0.3, -0.25) is 0 Å². The van der Waals surface area contributed by atoms with Crippen LogP contribution in [0.25, 0.3) is 11.1 Å². The monoisotopic (exact) mass is 261 g/mol. The van der Waals surface area contributed by atoms with Gasteiger partial charge >= 0.3 is 0 Å². The molecule has 0 saturated carbocycles. The van der Waals surface area contributed by atoms with E-state index >= 15 is 0 Å². The molecule has 1 saturated heterocycles. The summed E-state index contributed by atoms with van der Waals surface area (Å²) in [4.78, 5) is 6.51. The first-order chi connectivity index (χ1) is 9.36. The van der Waals surface area contributed by atoms with Crippen LogP contribution in [-0.4, -0.2) is 42.4 Å². The molecule has 102 valence electrons. The molecule has 1 aliphatic heterocycles. The SMILES string of the molecule is OCCN(CC1CCCN1)c1nc2ccccc2o1. The van der Waals surface area contributed by atoms with Gasteiger partial charge in [-0.25, -0.2) is 0 Å². The zero-order chi connectivity index (χ0) is 13.1. The molecule has 2 aromatic rings. The van der Waals surface area contributed by atoms with E-state index in [2.05, 4.69) is 10.3 Å². The van der Waals surface area contributed by atoms with Crippen molar-refractivity contribution in [1.82, 2.24) is 10.3 Å². The number of nitrogens with zero attached hydrogens (tertiary/aromatic N) is 2. The molecule has 5 nitrogen and oxygen atoms in total. The van der Waals surface area contributed by atoms with Crippen LogP contribution in [0.4, 0.5) is 6.01 Å². The lowest BCUT2D eigenvalue weighted by molar-refractivity contribution is 0.297. The Balaban J connectivity index is 1.81. The number of aromatic nitrogens is 1. The smallest absolute Gasteiger partial charge is 0.298 e. The average molecular weight is 261 g/mol. The highest BCUT2D eigenvalue weighted by Crippen LogP contribution is 2.22. The molecule has 1 aromatic carbocycles. The van der Waals surface area contributed by atoms with Gasteiger partial charge in [-0.05, 0) is 31.5 Å². The number of aliphatic hydroxyl groups excluding tert-OH is 1. The van der Waals surface area contributed by atoms with E-state index in [0.717, 1.165) is 24.2 Å². The summed E-state index contributed by atoms with van der Waals surface area (Å²) < 4.78 is 5.77. The molecule has 1 fully saturated rings. The zero-order valence-electron chi connectivity index (χ0n) is 10.9. The molecular weight excluding hydrogens is 242 g/mol. The third-order valence-corrected chi connectivity index (χ3v) is 3.53. The molecular formula is C14H19N3O2. The summed E-state index contributed by atoms with van der Waals surface area (Å²) in [5.41, 5.74) is 1.65. The lowest BCUT2D eigenvalue weighted by atomic mass is 10.2. The van der Waals surface area contributed by atoms with Gasteiger partial charge in [-0.2, -0.15) is 4.98 Å². The van der Waals surface area contributed by atoms with Crippen molar-refractivity contribution in [2.24, 2.45) is 0 Å². The van der Waals surface area contributed by atoms with E-state index in [0.29, 0.717) is 18.6 Å². The summed E-state index contributed by atoms with van der Waals surface area (Å²) in [6.45, 7) is 2.55. The first-order valence-corrected chi connectivity index (χ1v) is 6.81. The van der Waals surface area contributed by atoms with Crippen LogP contribution in [0.2, 0.25) is 0 Å². The minimum absolute atomic E-state index is 0.103. The van der Waals surface area contributed by atoms with Gasteiger partial charge < -0.3 is 19.7 Å². The number of nitrogens with one attached hydrogen (secondary N) is 1. The Morgan fingerprint density at radius 3 is 3.05 bits per heavy atom. The molecule has 1 aromatic heterocycles. The Kier molecular flexibility index (Phi) is 3.66. The highest BCUT2D eigenvalue weighted by Gasteiger charge is 2.21. The van der Waals surface area contributed by atoms with E-state index in [1.807, 2.05) is 29.2 Å². The predicted octanol–water partition coefficient (Wildman–Crippen LogP) is 1.38. The molecule has 0 bridgehead atoms. The topological polar surface area (TPSA) is 61.5 Å². The normalized spacial score (nSPS) is 19.1. The van der Waals surface area contributed by atoms with Crippen molar-refractivity contribution in [2.75, 3.05) is 31.1 Å². The van der Waals surface area contributed by atoms with Crippen molar-refractivity contribution in [2.45, 2.75) is 18.9 Å². The number of hydrogen-bond acceptors (Lipinski definition) is 5. The fourth-order valence-electron chi connectivity index (χ4n) is 2.56. The summed E-state index contributed by atoms with van der Waals surface area (Å²) in [6, 6.07) is 8.80. The third-order valence-electron chi connectivity index (χ3n) is 3.53. The number of oxazole rings is 1. The van der Waals surface area contributed by atoms with Crippen molar-refractivity contribution in [3.63, 3.8) is 0 Å². The molecule has 19 heavy (non-hydrogen) atoms. The Morgan fingerprint density at radius 2 is 2.32 bits per heavy atom. The maximum atomic E-state index is 9.22. The van der Waals surface area contributed by atoms with E-state index in [4.69, 9.17) is 4.42 Å². The number of para-hydroxylation sites is 2. The lowest BCUT2D eigenvalue weighted by Gasteiger charge is -2.23. The molecule has 0 amide bonds.